The van der Waals surface area contributed by atoms with E-state index in [0.717, 1.165) is 43.4 Å². The van der Waals surface area contributed by atoms with Crippen LogP contribution in [0.3, 0.4) is 0 Å². The number of ether oxygens (including phenoxy) is 2. The van der Waals surface area contributed by atoms with Gasteiger partial charge in [0.1, 0.15) is 11.9 Å². The van der Waals surface area contributed by atoms with E-state index in [-0.39, 0.29) is 12.2 Å². The van der Waals surface area contributed by atoms with Crippen LogP contribution >= 0.6 is 11.3 Å². The summed E-state index contributed by atoms with van der Waals surface area (Å²) in [7, 11) is 1.72. The van der Waals surface area contributed by atoms with Crippen molar-refractivity contribution in [3.63, 3.8) is 0 Å². The van der Waals surface area contributed by atoms with Gasteiger partial charge >= 0.3 is 5.97 Å². The van der Waals surface area contributed by atoms with Crippen molar-refractivity contribution in [3.8, 4) is 5.75 Å². The normalized spacial score (nSPS) is 22.7. The van der Waals surface area contributed by atoms with Crippen LogP contribution in [0.5, 0.6) is 5.75 Å². The molecule has 2 unspecified atom stereocenters. The van der Waals surface area contributed by atoms with Crippen LogP contribution in [0.4, 0.5) is 0 Å². The van der Waals surface area contributed by atoms with E-state index in [4.69, 9.17) is 9.47 Å². The van der Waals surface area contributed by atoms with Crippen molar-refractivity contribution < 1.29 is 19.4 Å². The molecule has 0 saturated heterocycles. The van der Waals surface area contributed by atoms with Crippen LogP contribution in [0.15, 0.2) is 6.07 Å². The SMILES string of the molecule is CCCc1cc(OC2CCCC(OC)C2)c(C(=O)O)s1. The lowest BCUT2D eigenvalue weighted by atomic mass is 9.95. The van der Waals surface area contributed by atoms with E-state index in [9.17, 15) is 9.90 Å². The van der Waals surface area contributed by atoms with Gasteiger partial charge in [-0.15, -0.1) is 11.3 Å². The van der Waals surface area contributed by atoms with Gasteiger partial charge in [0.05, 0.1) is 6.10 Å². The van der Waals surface area contributed by atoms with Gasteiger partial charge in [-0.1, -0.05) is 13.3 Å². The quantitative estimate of drug-likeness (QED) is 0.869. The third-order valence-electron chi connectivity index (χ3n) is 3.64. The first-order chi connectivity index (χ1) is 9.63. The number of hydrogen-bond acceptors (Lipinski definition) is 4. The highest BCUT2D eigenvalue weighted by molar-refractivity contribution is 7.14. The molecule has 5 heteroatoms. The summed E-state index contributed by atoms with van der Waals surface area (Å²) >= 11 is 1.33. The number of carboxylic acids is 1. The Balaban J connectivity index is 2.09. The van der Waals surface area contributed by atoms with Crippen molar-refractivity contribution in [1.82, 2.24) is 0 Å². The fraction of sp³-hybridized carbons (Fsp3) is 0.667. The van der Waals surface area contributed by atoms with Gasteiger partial charge < -0.3 is 14.6 Å². The number of hydrogen-bond donors (Lipinski definition) is 1. The van der Waals surface area contributed by atoms with E-state index < -0.39 is 5.97 Å². The Hall–Kier alpha value is -1.07. The number of thiophene rings is 1. The smallest absolute Gasteiger partial charge is 0.349 e. The summed E-state index contributed by atoms with van der Waals surface area (Å²) in [6.45, 7) is 2.09. The third kappa shape index (κ3) is 3.73. The lowest BCUT2D eigenvalue weighted by Crippen LogP contribution is -2.29. The molecule has 2 rings (SSSR count). The summed E-state index contributed by atoms with van der Waals surface area (Å²) in [5.41, 5.74) is 0. The molecule has 1 N–H and O–H groups in total. The van der Waals surface area contributed by atoms with E-state index in [2.05, 4.69) is 6.92 Å². The minimum atomic E-state index is -0.897. The zero-order chi connectivity index (χ0) is 14.5. The Kier molecular flexibility index (Phi) is 5.43. The zero-order valence-electron chi connectivity index (χ0n) is 12.1. The largest absolute Gasteiger partial charge is 0.489 e. The maximum Gasteiger partial charge on any atom is 0.349 e. The van der Waals surface area contributed by atoms with Crippen molar-refractivity contribution in [1.29, 1.82) is 0 Å². The minimum absolute atomic E-state index is 0.0656. The standard InChI is InChI=1S/C15H22O4S/c1-3-5-12-9-13(14(20-12)15(16)17)19-11-7-4-6-10(8-11)18-2/h9-11H,3-8H2,1-2H3,(H,16,17). The Bertz CT molecular complexity index is 455. The topological polar surface area (TPSA) is 55.8 Å². The highest BCUT2D eigenvalue weighted by Crippen LogP contribution is 2.33. The minimum Gasteiger partial charge on any atom is -0.489 e. The molecule has 2 atom stereocenters. The monoisotopic (exact) mass is 298 g/mol. The molecule has 0 spiro atoms. The van der Waals surface area contributed by atoms with Crippen LogP contribution < -0.4 is 4.74 Å². The van der Waals surface area contributed by atoms with Gasteiger partial charge in [-0.3, -0.25) is 0 Å². The van der Waals surface area contributed by atoms with Crippen LogP contribution in [-0.4, -0.2) is 30.4 Å². The van der Waals surface area contributed by atoms with Crippen molar-refractivity contribution >= 4 is 17.3 Å². The summed E-state index contributed by atoms with van der Waals surface area (Å²) in [4.78, 5) is 12.7. The molecular formula is C15H22O4S. The summed E-state index contributed by atoms with van der Waals surface area (Å²) < 4.78 is 11.3. The number of carbonyl (C=O) groups is 1. The first-order valence-electron chi connectivity index (χ1n) is 7.19. The predicted molar refractivity (Wildman–Crippen MR) is 79.0 cm³/mol. The first kappa shape index (κ1) is 15.3. The zero-order valence-corrected chi connectivity index (χ0v) is 12.9. The van der Waals surface area contributed by atoms with E-state index in [1.54, 1.807) is 7.11 Å². The Morgan fingerprint density at radius 1 is 1.45 bits per heavy atom. The number of rotatable bonds is 6. The molecule has 1 saturated carbocycles. The fourth-order valence-electron chi connectivity index (χ4n) is 2.63. The average Bonchev–Trinajstić information content (AvgIpc) is 2.82. The summed E-state index contributed by atoms with van der Waals surface area (Å²) in [6, 6.07) is 1.90. The second-order valence-electron chi connectivity index (χ2n) is 5.23. The maximum atomic E-state index is 11.3. The van der Waals surface area contributed by atoms with Gasteiger partial charge in [0, 0.05) is 18.4 Å². The van der Waals surface area contributed by atoms with Crippen LogP contribution in [0, 0.1) is 0 Å². The van der Waals surface area contributed by atoms with Crippen molar-refractivity contribution in [3.05, 3.63) is 15.8 Å². The van der Waals surface area contributed by atoms with Gasteiger partial charge in [0.25, 0.3) is 0 Å². The molecule has 1 aliphatic rings. The molecule has 1 heterocycles. The number of carboxylic acid groups (broad SMARTS) is 1. The molecule has 112 valence electrons. The van der Waals surface area contributed by atoms with Crippen molar-refractivity contribution in [2.75, 3.05) is 7.11 Å². The van der Waals surface area contributed by atoms with Gasteiger partial charge in [-0.25, -0.2) is 4.79 Å². The lowest BCUT2D eigenvalue weighted by molar-refractivity contribution is 0.0206. The molecule has 1 aliphatic carbocycles. The molecule has 1 fully saturated rings. The summed E-state index contributed by atoms with van der Waals surface area (Å²) in [5, 5.41) is 9.28. The number of aryl methyl sites for hydroxylation is 1. The Labute approximate surface area is 123 Å². The highest BCUT2D eigenvalue weighted by Gasteiger charge is 2.25. The Morgan fingerprint density at radius 3 is 2.85 bits per heavy atom. The van der Waals surface area contributed by atoms with E-state index in [1.165, 1.54) is 11.3 Å². The molecule has 0 aromatic carbocycles. The summed E-state index contributed by atoms with van der Waals surface area (Å²) in [5.74, 6) is -0.362. The molecule has 0 radical (unpaired) electrons. The molecule has 1 aromatic heterocycles. The fourth-order valence-corrected chi connectivity index (χ4v) is 3.66. The second kappa shape index (κ2) is 7.09. The molecule has 0 amide bonds. The van der Waals surface area contributed by atoms with Gasteiger partial charge in [-0.2, -0.15) is 0 Å². The molecule has 0 aliphatic heterocycles. The number of methoxy groups -OCH3 is 1. The van der Waals surface area contributed by atoms with Gasteiger partial charge in [-0.05, 0) is 31.7 Å². The lowest BCUT2D eigenvalue weighted by Gasteiger charge is -2.28. The van der Waals surface area contributed by atoms with Crippen LogP contribution in [0.2, 0.25) is 0 Å². The Morgan fingerprint density at radius 2 is 2.20 bits per heavy atom. The van der Waals surface area contributed by atoms with Gasteiger partial charge in [0.2, 0.25) is 0 Å². The molecular weight excluding hydrogens is 276 g/mol. The number of aromatic carboxylic acids is 1. The predicted octanol–water partition coefficient (Wildman–Crippen LogP) is 3.74. The average molecular weight is 298 g/mol. The van der Waals surface area contributed by atoms with E-state index >= 15 is 0 Å². The molecule has 20 heavy (non-hydrogen) atoms. The molecule has 1 aromatic rings. The van der Waals surface area contributed by atoms with E-state index in [0.29, 0.717) is 10.6 Å². The van der Waals surface area contributed by atoms with E-state index in [1.807, 2.05) is 6.07 Å². The van der Waals surface area contributed by atoms with Crippen molar-refractivity contribution in [2.24, 2.45) is 0 Å². The summed E-state index contributed by atoms with van der Waals surface area (Å²) in [6.07, 6.45) is 6.15. The molecule has 0 bridgehead atoms. The highest BCUT2D eigenvalue weighted by atomic mass is 32.1. The van der Waals surface area contributed by atoms with Crippen LogP contribution in [-0.2, 0) is 11.2 Å². The van der Waals surface area contributed by atoms with Crippen LogP contribution in [0.25, 0.3) is 0 Å². The second-order valence-corrected chi connectivity index (χ2v) is 6.36. The third-order valence-corrected chi connectivity index (χ3v) is 4.81. The van der Waals surface area contributed by atoms with Crippen LogP contribution in [0.1, 0.15) is 53.6 Å². The van der Waals surface area contributed by atoms with Gasteiger partial charge in [0.15, 0.2) is 4.88 Å². The van der Waals surface area contributed by atoms with Crippen molar-refractivity contribution in [2.45, 2.75) is 57.7 Å². The first-order valence-corrected chi connectivity index (χ1v) is 8.01. The maximum absolute atomic E-state index is 11.3. The molecule has 4 nitrogen and oxygen atoms in total.